The number of benzene rings is 1. The number of Topliss-reactive ketones (excluding diaryl/α,β-unsaturated/α-hetero) is 1. The molecule has 0 spiro atoms. The van der Waals surface area contributed by atoms with E-state index in [1.54, 1.807) is 24.3 Å². The van der Waals surface area contributed by atoms with Gasteiger partial charge in [-0.25, -0.2) is 0 Å². The van der Waals surface area contributed by atoms with E-state index in [4.69, 9.17) is 16.3 Å². The lowest BCUT2D eigenvalue weighted by Gasteiger charge is -2.21. The van der Waals surface area contributed by atoms with Crippen LogP contribution in [0.1, 0.15) is 29.6 Å². The number of carbonyl (C=O) groups is 1. The largest absolute Gasteiger partial charge is 0.370 e. The van der Waals surface area contributed by atoms with Gasteiger partial charge in [-0.15, -0.1) is 0 Å². The Kier molecular flexibility index (Phi) is 3.39. The van der Waals surface area contributed by atoms with Crippen molar-refractivity contribution < 1.29 is 9.53 Å². The number of ether oxygens (including phenoxy) is 1. The summed E-state index contributed by atoms with van der Waals surface area (Å²) in [6.45, 7) is 0.691. The Morgan fingerprint density at radius 2 is 2.27 bits per heavy atom. The van der Waals surface area contributed by atoms with Gasteiger partial charge in [0.15, 0.2) is 5.78 Å². The second-order valence-electron chi connectivity index (χ2n) is 3.73. The summed E-state index contributed by atoms with van der Waals surface area (Å²) in [6.07, 6.45) is 2.68. The van der Waals surface area contributed by atoms with E-state index >= 15 is 0 Å². The zero-order valence-electron chi connectivity index (χ0n) is 8.41. The van der Waals surface area contributed by atoms with Crippen LogP contribution < -0.4 is 0 Å². The molecule has 0 radical (unpaired) electrons. The number of ketones is 1. The molecule has 15 heavy (non-hydrogen) atoms. The summed E-state index contributed by atoms with van der Waals surface area (Å²) in [5, 5.41) is 0.594. The molecule has 1 heterocycles. The molecule has 2 rings (SSSR count). The molecule has 0 bridgehead atoms. The van der Waals surface area contributed by atoms with Crippen molar-refractivity contribution in [2.45, 2.75) is 25.4 Å². The quantitative estimate of drug-likeness (QED) is 0.722. The van der Waals surface area contributed by atoms with Crippen LogP contribution in [0.2, 0.25) is 5.02 Å². The first-order valence-corrected chi connectivity index (χ1v) is 5.56. The van der Waals surface area contributed by atoms with Crippen LogP contribution in [0.25, 0.3) is 0 Å². The van der Waals surface area contributed by atoms with Crippen molar-refractivity contribution in [2.24, 2.45) is 0 Å². The van der Waals surface area contributed by atoms with E-state index in [1.807, 2.05) is 0 Å². The summed E-state index contributed by atoms with van der Waals surface area (Å²) in [5.74, 6) is 0.0530. The number of halogens is 1. The fourth-order valence-electron chi connectivity index (χ4n) is 1.78. The molecule has 0 saturated carbocycles. The molecule has 2 nitrogen and oxygen atoms in total. The molecule has 80 valence electrons. The molecule has 1 aliphatic rings. The van der Waals surface area contributed by atoms with Crippen LogP contribution in [0.15, 0.2) is 24.3 Å². The van der Waals surface area contributed by atoms with E-state index in [0.717, 1.165) is 19.3 Å². The third kappa shape index (κ3) is 2.58. The Morgan fingerprint density at radius 1 is 1.40 bits per heavy atom. The topological polar surface area (TPSA) is 26.3 Å². The molecule has 1 aromatic rings. The molecule has 1 unspecified atom stereocenters. The second kappa shape index (κ2) is 4.77. The first-order chi connectivity index (χ1) is 7.27. The summed E-state index contributed by atoms with van der Waals surface area (Å²) >= 11 is 5.83. The van der Waals surface area contributed by atoms with Gasteiger partial charge < -0.3 is 4.74 Å². The average molecular weight is 225 g/mol. The SMILES string of the molecule is O=C(c1cccc(Cl)c1)C1CCCCO1. The van der Waals surface area contributed by atoms with E-state index in [9.17, 15) is 4.79 Å². The number of carbonyl (C=O) groups excluding carboxylic acids is 1. The second-order valence-corrected chi connectivity index (χ2v) is 4.17. The van der Waals surface area contributed by atoms with Gasteiger partial charge in [0.05, 0.1) is 0 Å². The molecule has 0 amide bonds. The molecular formula is C12H13ClO2. The smallest absolute Gasteiger partial charge is 0.191 e. The monoisotopic (exact) mass is 224 g/mol. The van der Waals surface area contributed by atoms with Crippen molar-refractivity contribution in [3.8, 4) is 0 Å². The maximum Gasteiger partial charge on any atom is 0.191 e. The summed E-state index contributed by atoms with van der Waals surface area (Å²) in [4.78, 5) is 12.0. The Labute approximate surface area is 94.2 Å². The van der Waals surface area contributed by atoms with Crippen molar-refractivity contribution in [3.05, 3.63) is 34.9 Å². The third-order valence-corrected chi connectivity index (χ3v) is 2.82. The predicted octanol–water partition coefficient (Wildman–Crippen LogP) is 3.09. The van der Waals surface area contributed by atoms with Crippen LogP contribution in [-0.2, 0) is 4.74 Å². The van der Waals surface area contributed by atoms with Crippen LogP contribution >= 0.6 is 11.6 Å². The molecule has 0 aliphatic carbocycles. The minimum absolute atomic E-state index is 0.0530. The Hall–Kier alpha value is -0.860. The highest BCUT2D eigenvalue weighted by molar-refractivity contribution is 6.31. The number of hydrogen-bond acceptors (Lipinski definition) is 2. The van der Waals surface area contributed by atoms with Crippen LogP contribution in [0.3, 0.4) is 0 Å². The van der Waals surface area contributed by atoms with Gasteiger partial charge in [-0.05, 0) is 31.4 Å². The highest BCUT2D eigenvalue weighted by atomic mass is 35.5. The minimum Gasteiger partial charge on any atom is -0.370 e. The molecule has 1 fully saturated rings. The molecule has 0 aromatic heterocycles. The van der Waals surface area contributed by atoms with Gasteiger partial charge in [-0.2, -0.15) is 0 Å². The van der Waals surface area contributed by atoms with Gasteiger partial charge in [-0.3, -0.25) is 4.79 Å². The maximum absolute atomic E-state index is 12.0. The van der Waals surface area contributed by atoms with Gasteiger partial charge >= 0.3 is 0 Å². The van der Waals surface area contributed by atoms with Gasteiger partial charge in [0, 0.05) is 17.2 Å². The van der Waals surface area contributed by atoms with E-state index in [-0.39, 0.29) is 11.9 Å². The summed E-state index contributed by atoms with van der Waals surface area (Å²) in [6, 6.07) is 7.03. The maximum atomic E-state index is 12.0. The van der Waals surface area contributed by atoms with Gasteiger partial charge in [0.2, 0.25) is 0 Å². The average Bonchev–Trinajstić information content (AvgIpc) is 2.29. The standard InChI is InChI=1S/C12H13ClO2/c13-10-5-3-4-9(8-10)12(14)11-6-1-2-7-15-11/h3-5,8,11H,1-2,6-7H2. The van der Waals surface area contributed by atoms with Crippen LogP contribution in [0, 0.1) is 0 Å². The fraction of sp³-hybridized carbons (Fsp3) is 0.417. The van der Waals surface area contributed by atoms with Crippen LogP contribution in [0.4, 0.5) is 0 Å². The first-order valence-electron chi connectivity index (χ1n) is 5.19. The van der Waals surface area contributed by atoms with Gasteiger partial charge in [0.1, 0.15) is 6.10 Å². The van der Waals surface area contributed by atoms with Crippen molar-refractivity contribution in [1.82, 2.24) is 0 Å². The van der Waals surface area contributed by atoms with Crippen molar-refractivity contribution in [3.63, 3.8) is 0 Å². The Balaban J connectivity index is 2.12. The van der Waals surface area contributed by atoms with Gasteiger partial charge in [-0.1, -0.05) is 23.7 Å². The van der Waals surface area contributed by atoms with Crippen molar-refractivity contribution in [1.29, 1.82) is 0 Å². The molecule has 1 aromatic carbocycles. The molecular weight excluding hydrogens is 212 g/mol. The molecule has 1 atom stereocenters. The summed E-state index contributed by atoms with van der Waals surface area (Å²) < 4.78 is 5.44. The summed E-state index contributed by atoms with van der Waals surface area (Å²) in [7, 11) is 0. The minimum atomic E-state index is -0.266. The van der Waals surface area contributed by atoms with Crippen LogP contribution in [-0.4, -0.2) is 18.5 Å². The molecule has 3 heteroatoms. The summed E-state index contributed by atoms with van der Waals surface area (Å²) in [5.41, 5.74) is 0.648. The fourth-order valence-corrected chi connectivity index (χ4v) is 1.97. The Bertz CT molecular complexity index is 356. The van der Waals surface area contributed by atoms with Crippen LogP contribution in [0.5, 0.6) is 0 Å². The van der Waals surface area contributed by atoms with E-state index in [0.29, 0.717) is 17.2 Å². The molecule has 0 N–H and O–H groups in total. The van der Waals surface area contributed by atoms with Gasteiger partial charge in [0.25, 0.3) is 0 Å². The third-order valence-electron chi connectivity index (χ3n) is 2.58. The zero-order valence-corrected chi connectivity index (χ0v) is 9.17. The lowest BCUT2D eigenvalue weighted by Crippen LogP contribution is -2.28. The molecule has 1 aliphatic heterocycles. The van der Waals surface area contributed by atoms with E-state index in [2.05, 4.69) is 0 Å². The van der Waals surface area contributed by atoms with Crippen molar-refractivity contribution in [2.75, 3.05) is 6.61 Å². The normalized spacial score (nSPS) is 21.3. The lowest BCUT2D eigenvalue weighted by atomic mass is 10.00. The lowest BCUT2D eigenvalue weighted by molar-refractivity contribution is 0.0186. The molecule has 1 saturated heterocycles. The highest BCUT2D eigenvalue weighted by Crippen LogP contribution is 2.19. The Morgan fingerprint density at radius 3 is 2.93 bits per heavy atom. The zero-order chi connectivity index (χ0) is 10.7. The number of hydrogen-bond donors (Lipinski definition) is 0. The number of rotatable bonds is 2. The predicted molar refractivity (Wildman–Crippen MR) is 59.4 cm³/mol. The van der Waals surface area contributed by atoms with Crippen molar-refractivity contribution >= 4 is 17.4 Å². The van der Waals surface area contributed by atoms with E-state index in [1.165, 1.54) is 0 Å². The first kappa shape index (κ1) is 10.7. The van der Waals surface area contributed by atoms with E-state index < -0.39 is 0 Å². The highest BCUT2D eigenvalue weighted by Gasteiger charge is 2.22.